The number of hydrogen-bond acceptors (Lipinski definition) is 5. The first-order chi connectivity index (χ1) is 28.2. The lowest BCUT2D eigenvalue weighted by Crippen LogP contribution is -2.00. The van der Waals surface area contributed by atoms with Gasteiger partial charge in [-0.15, -0.1) is 11.3 Å². The summed E-state index contributed by atoms with van der Waals surface area (Å²) in [4.78, 5) is 15.1. The normalized spacial score (nSPS) is 11.9. The maximum absolute atomic E-state index is 6.41. The quantitative estimate of drug-likeness (QED) is 0.176. The summed E-state index contributed by atoms with van der Waals surface area (Å²) in [5.41, 5.74) is 10.4. The topological polar surface area (TPSA) is 56.7 Å². The number of thiophene rings is 1. The van der Waals surface area contributed by atoms with Gasteiger partial charge in [0.1, 0.15) is 11.2 Å². The summed E-state index contributed by atoms with van der Waals surface area (Å²) in [7, 11) is 0. The summed E-state index contributed by atoms with van der Waals surface area (Å²) < 4.78 is 11.2. The van der Waals surface area contributed by atoms with Crippen molar-refractivity contribution in [1.29, 1.82) is 0 Å². The van der Waals surface area contributed by atoms with Gasteiger partial charge in [-0.25, -0.2) is 15.0 Å². The van der Waals surface area contributed by atoms with Crippen LogP contribution in [0, 0.1) is 0 Å². The molecule has 0 atom stereocenters. The first-order valence-corrected chi connectivity index (χ1v) is 19.8. The third-order valence-electron chi connectivity index (χ3n) is 11.1. The summed E-state index contributed by atoms with van der Waals surface area (Å²) in [5.74, 6) is 1.97. The zero-order chi connectivity index (χ0) is 37.5. The number of aromatic nitrogens is 4. The number of para-hydroxylation sites is 2. The van der Waals surface area contributed by atoms with E-state index in [4.69, 9.17) is 19.4 Å². The monoisotopic (exact) mass is 746 g/mol. The minimum atomic E-state index is 0.654. The third kappa shape index (κ3) is 5.04. The van der Waals surface area contributed by atoms with Crippen LogP contribution in [0.2, 0.25) is 0 Å². The molecule has 0 aliphatic heterocycles. The Bertz CT molecular complexity index is 3460. The Morgan fingerprint density at radius 1 is 0.386 bits per heavy atom. The maximum Gasteiger partial charge on any atom is 0.164 e. The largest absolute Gasteiger partial charge is 0.456 e. The van der Waals surface area contributed by atoms with Crippen LogP contribution in [-0.2, 0) is 0 Å². The molecular weight excluding hydrogens is 717 g/mol. The Hall–Kier alpha value is -7.41. The highest BCUT2D eigenvalue weighted by molar-refractivity contribution is 7.26. The molecule has 0 fully saturated rings. The van der Waals surface area contributed by atoms with Crippen molar-refractivity contribution in [1.82, 2.24) is 19.5 Å². The van der Waals surface area contributed by atoms with E-state index in [1.165, 1.54) is 36.7 Å². The number of rotatable bonds is 5. The highest BCUT2D eigenvalue weighted by Gasteiger charge is 2.21. The minimum absolute atomic E-state index is 0.654. The average Bonchev–Trinajstić information content (AvgIpc) is 3.95. The van der Waals surface area contributed by atoms with Gasteiger partial charge in [-0.1, -0.05) is 133 Å². The lowest BCUT2D eigenvalue weighted by atomic mass is 9.97. The van der Waals surface area contributed by atoms with Crippen molar-refractivity contribution < 1.29 is 4.42 Å². The van der Waals surface area contributed by atoms with Gasteiger partial charge in [-0.2, -0.15) is 0 Å². The van der Waals surface area contributed by atoms with Gasteiger partial charge >= 0.3 is 0 Å². The zero-order valence-electron chi connectivity index (χ0n) is 30.4. The molecule has 0 saturated carbocycles. The van der Waals surface area contributed by atoms with E-state index >= 15 is 0 Å². The summed E-state index contributed by atoms with van der Waals surface area (Å²) in [5, 5.41) is 7.00. The highest BCUT2D eigenvalue weighted by Crippen LogP contribution is 2.45. The molecule has 0 aliphatic rings. The van der Waals surface area contributed by atoms with E-state index in [2.05, 4.69) is 114 Å². The lowest BCUT2D eigenvalue weighted by molar-refractivity contribution is 0.669. The lowest BCUT2D eigenvalue weighted by Gasteiger charge is -2.10. The SMILES string of the molecule is c1ccc(-c2nc(-c3ccccc3)nc(-c3cccc4sc5cc(-c6cccc7c6c6cc8c(cc6n7-c6ccccc6)oc6ccccc68)ccc5c34)n2)cc1. The molecule has 5 nitrogen and oxygen atoms in total. The molecule has 0 unspecified atom stereocenters. The fraction of sp³-hybridized carbons (Fsp3) is 0. The van der Waals surface area contributed by atoms with Crippen molar-refractivity contribution in [3.05, 3.63) is 182 Å². The standard InChI is InChI=1S/C51H30N4OS/c1-4-14-31(15-5-1)49-52-50(32-16-6-2-7-17-32)54-51(53-49)38-22-13-25-45-48(38)37-27-26-33(28-46(37)57-45)35-21-12-23-41-47(35)40-29-39-36-20-10-11-24-43(36)56-44(39)30-42(40)55(41)34-18-8-3-9-19-34/h1-30H. The Morgan fingerprint density at radius 3 is 1.82 bits per heavy atom. The van der Waals surface area contributed by atoms with Crippen molar-refractivity contribution in [3.8, 4) is 51.0 Å². The van der Waals surface area contributed by atoms with Crippen molar-refractivity contribution in [2.45, 2.75) is 0 Å². The second-order valence-electron chi connectivity index (χ2n) is 14.4. The molecule has 0 spiro atoms. The molecule has 4 heterocycles. The number of furan rings is 1. The van der Waals surface area contributed by atoms with Crippen LogP contribution >= 0.6 is 11.3 Å². The van der Waals surface area contributed by atoms with Crippen LogP contribution < -0.4 is 0 Å². The van der Waals surface area contributed by atoms with Crippen LogP contribution in [0.25, 0.3) is 115 Å². The fourth-order valence-electron chi connectivity index (χ4n) is 8.49. The maximum atomic E-state index is 6.41. The van der Waals surface area contributed by atoms with Gasteiger partial charge in [0.15, 0.2) is 17.5 Å². The number of benzene rings is 8. The van der Waals surface area contributed by atoms with Gasteiger partial charge < -0.3 is 8.98 Å². The van der Waals surface area contributed by atoms with Crippen molar-refractivity contribution in [2.24, 2.45) is 0 Å². The third-order valence-corrected chi connectivity index (χ3v) is 12.2. The van der Waals surface area contributed by atoms with Crippen molar-refractivity contribution in [2.75, 3.05) is 0 Å². The Kier molecular flexibility index (Phi) is 7.03. The molecule has 0 amide bonds. The van der Waals surface area contributed by atoms with Gasteiger partial charge in [0.05, 0.1) is 11.0 Å². The van der Waals surface area contributed by atoms with Crippen molar-refractivity contribution >= 4 is 75.3 Å². The molecule has 12 aromatic rings. The molecule has 266 valence electrons. The first kappa shape index (κ1) is 31.9. The first-order valence-electron chi connectivity index (χ1n) is 19.0. The second kappa shape index (κ2) is 12.6. The molecule has 0 saturated heterocycles. The van der Waals surface area contributed by atoms with Crippen LogP contribution in [0.5, 0.6) is 0 Å². The molecule has 4 aromatic heterocycles. The van der Waals surface area contributed by atoms with E-state index in [1.807, 2.05) is 84.1 Å². The zero-order valence-corrected chi connectivity index (χ0v) is 31.2. The molecular formula is C51H30N4OS. The van der Waals surface area contributed by atoms with Crippen molar-refractivity contribution in [3.63, 3.8) is 0 Å². The van der Waals surface area contributed by atoms with E-state index in [-0.39, 0.29) is 0 Å². The molecule has 0 radical (unpaired) electrons. The molecule has 57 heavy (non-hydrogen) atoms. The molecule has 0 aliphatic carbocycles. The van der Waals surface area contributed by atoms with Gasteiger partial charge in [0, 0.05) is 70.2 Å². The Morgan fingerprint density at radius 2 is 1.05 bits per heavy atom. The Labute approximate surface area is 330 Å². The number of fused-ring (bicyclic) bond motifs is 9. The van der Waals surface area contributed by atoms with Crippen LogP contribution in [-0.4, -0.2) is 19.5 Å². The van der Waals surface area contributed by atoms with Gasteiger partial charge in [-0.05, 0) is 53.6 Å². The molecule has 12 rings (SSSR count). The predicted molar refractivity (Wildman–Crippen MR) is 236 cm³/mol. The predicted octanol–water partition coefficient (Wildman–Crippen LogP) is 13.9. The van der Waals surface area contributed by atoms with E-state index < -0.39 is 0 Å². The summed E-state index contributed by atoms with van der Waals surface area (Å²) >= 11 is 1.81. The van der Waals surface area contributed by atoms with E-state index in [1.54, 1.807) is 0 Å². The van der Waals surface area contributed by atoms with Crippen LogP contribution in [0.15, 0.2) is 186 Å². The van der Waals surface area contributed by atoms with Gasteiger partial charge in [0.25, 0.3) is 0 Å². The minimum Gasteiger partial charge on any atom is -0.456 e. The Balaban J connectivity index is 1.07. The molecule has 0 bridgehead atoms. The van der Waals surface area contributed by atoms with E-state index in [9.17, 15) is 0 Å². The molecule has 8 aromatic carbocycles. The summed E-state index contributed by atoms with van der Waals surface area (Å²) in [6.45, 7) is 0. The number of hydrogen-bond donors (Lipinski definition) is 0. The van der Waals surface area contributed by atoms with Crippen LogP contribution in [0.1, 0.15) is 0 Å². The summed E-state index contributed by atoms with van der Waals surface area (Å²) in [6, 6.07) is 63.8. The van der Waals surface area contributed by atoms with Crippen LogP contribution in [0.3, 0.4) is 0 Å². The average molecular weight is 747 g/mol. The number of nitrogens with zero attached hydrogens (tertiary/aromatic N) is 4. The van der Waals surface area contributed by atoms with Gasteiger partial charge in [-0.3, -0.25) is 0 Å². The van der Waals surface area contributed by atoms with Gasteiger partial charge in [0.2, 0.25) is 0 Å². The smallest absolute Gasteiger partial charge is 0.164 e. The second-order valence-corrected chi connectivity index (χ2v) is 15.4. The molecule has 6 heteroatoms. The highest BCUT2D eigenvalue weighted by atomic mass is 32.1. The fourth-order valence-corrected chi connectivity index (χ4v) is 9.66. The molecule has 0 N–H and O–H groups in total. The van der Waals surface area contributed by atoms with E-state index in [0.717, 1.165) is 60.7 Å². The van der Waals surface area contributed by atoms with E-state index in [0.29, 0.717) is 17.5 Å². The summed E-state index contributed by atoms with van der Waals surface area (Å²) in [6.07, 6.45) is 0. The van der Waals surface area contributed by atoms with Crippen LogP contribution in [0.4, 0.5) is 0 Å².